The standard InChI is InChI=1S/C26H28N6O/c1-17-11-12-22-20(14-17)24(30-29-22)25(33)32-13-7-10-19(16-32)23-21(18-8-5-4-6-9-18)15-27-26(28-23)31(2)3/h4-6,8-9,11-12,14-15,19H,7,10,13,16H2,1-3H3,(H,29,30). The molecule has 1 N–H and O–H groups in total. The van der Waals surface area contributed by atoms with Gasteiger partial charge in [0.15, 0.2) is 5.69 Å². The van der Waals surface area contributed by atoms with Gasteiger partial charge in [-0.3, -0.25) is 9.89 Å². The van der Waals surface area contributed by atoms with Gasteiger partial charge >= 0.3 is 0 Å². The van der Waals surface area contributed by atoms with E-state index >= 15 is 0 Å². The molecule has 5 rings (SSSR count). The Labute approximate surface area is 193 Å². The molecular weight excluding hydrogens is 412 g/mol. The van der Waals surface area contributed by atoms with Crippen molar-refractivity contribution in [2.75, 3.05) is 32.1 Å². The van der Waals surface area contributed by atoms with Gasteiger partial charge in [0, 0.05) is 50.2 Å². The third-order valence-electron chi connectivity index (χ3n) is 6.31. The van der Waals surface area contributed by atoms with Crippen molar-refractivity contribution in [3.63, 3.8) is 0 Å². The Balaban J connectivity index is 1.49. The fourth-order valence-corrected chi connectivity index (χ4v) is 4.58. The van der Waals surface area contributed by atoms with Gasteiger partial charge in [-0.25, -0.2) is 9.97 Å². The van der Waals surface area contributed by atoms with Crippen LogP contribution >= 0.6 is 0 Å². The van der Waals surface area contributed by atoms with Gasteiger partial charge in [-0.2, -0.15) is 5.10 Å². The summed E-state index contributed by atoms with van der Waals surface area (Å²) in [6, 6.07) is 16.3. The molecule has 7 heteroatoms. The molecule has 1 fully saturated rings. The van der Waals surface area contributed by atoms with Crippen molar-refractivity contribution in [1.82, 2.24) is 25.1 Å². The number of benzene rings is 2. The lowest BCUT2D eigenvalue weighted by Crippen LogP contribution is -2.39. The maximum atomic E-state index is 13.5. The Hall–Kier alpha value is -3.74. The van der Waals surface area contributed by atoms with E-state index in [0.717, 1.165) is 52.7 Å². The number of aryl methyl sites for hydroxylation is 1. The minimum absolute atomic E-state index is 0.0281. The number of rotatable bonds is 4. The van der Waals surface area contributed by atoms with Crippen molar-refractivity contribution in [2.24, 2.45) is 0 Å². The summed E-state index contributed by atoms with van der Waals surface area (Å²) in [5, 5.41) is 8.25. The molecule has 0 radical (unpaired) electrons. The van der Waals surface area contributed by atoms with Crippen LogP contribution in [0.25, 0.3) is 22.0 Å². The molecule has 0 spiro atoms. The molecule has 33 heavy (non-hydrogen) atoms. The Kier molecular flexibility index (Phi) is 5.54. The summed E-state index contributed by atoms with van der Waals surface area (Å²) in [5.74, 6) is 0.785. The number of nitrogens with one attached hydrogen (secondary N) is 1. The summed E-state index contributed by atoms with van der Waals surface area (Å²) in [6.45, 7) is 3.37. The Morgan fingerprint density at radius 3 is 2.76 bits per heavy atom. The number of piperidine rings is 1. The second kappa shape index (κ2) is 8.65. The number of nitrogens with zero attached hydrogens (tertiary/aromatic N) is 5. The highest BCUT2D eigenvalue weighted by Gasteiger charge is 2.30. The first-order chi connectivity index (χ1) is 16.0. The topological polar surface area (TPSA) is 78.0 Å². The van der Waals surface area contributed by atoms with Gasteiger partial charge < -0.3 is 9.80 Å². The number of aromatic amines is 1. The fourth-order valence-electron chi connectivity index (χ4n) is 4.58. The van der Waals surface area contributed by atoms with E-state index in [0.29, 0.717) is 18.2 Å². The van der Waals surface area contributed by atoms with Gasteiger partial charge in [0.05, 0.1) is 11.2 Å². The highest BCUT2D eigenvalue weighted by molar-refractivity contribution is 6.04. The SMILES string of the molecule is Cc1ccc2[nH]nc(C(=O)N3CCCC(c4nc(N(C)C)ncc4-c4ccccc4)C3)c2c1. The second-order valence-corrected chi connectivity index (χ2v) is 8.94. The van der Waals surface area contributed by atoms with Crippen LogP contribution in [0.5, 0.6) is 0 Å². The number of carbonyl (C=O) groups excluding carboxylic acids is 1. The smallest absolute Gasteiger partial charge is 0.275 e. The van der Waals surface area contributed by atoms with Crippen LogP contribution in [0.2, 0.25) is 0 Å². The molecule has 0 aliphatic carbocycles. The Morgan fingerprint density at radius 2 is 1.97 bits per heavy atom. The normalized spacial score (nSPS) is 16.2. The first kappa shape index (κ1) is 21.1. The predicted octanol–water partition coefficient (Wildman–Crippen LogP) is 4.41. The minimum atomic E-state index is -0.0281. The van der Waals surface area contributed by atoms with Crippen LogP contribution in [0.1, 0.15) is 40.5 Å². The summed E-state index contributed by atoms with van der Waals surface area (Å²) >= 11 is 0. The van der Waals surface area contributed by atoms with E-state index < -0.39 is 0 Å². The largest absolute Gasteiger partial charge is 0.347 e. The van der Waals surface area contributed by atoms with E-state index in [1.165, 1.54) is 0 Å². The number of fused-ring (bicyclic) bond motifs is 1. The molecule has 0 bridgehead atoms. The van der Waals surface area contributed by atoms with E-state index in [1.54, 1.807) is 0 Å². The number of anilines is 1. The molecule has 1 aliphatic rings. The molecule has 0 saturated carbocycles. The zero-order valence-corrected chi connectivity index (χ0v) is 19.2. The number of H-pyrrole nitrogens is 1. The molecule has 1 saturated heterocycles. The summed E-state index contributed by atoms with van der Waals surface area (Å²) in [7, 11) is 3.89. The van der Waals surface area contributed by atoms with E-state index in [9.17, 15) is 4.79 Å². The van der Waals surface area contributed by atoms with Crippen molar-refractivity contribution >= 4 is 22.8 Å². The number of likely N-dealkylation sites (tertiary alicyclic amines) is 1. The molecule has 3 heterocycles. The molecule has 168 valence electrons. The minimum Gasteiger partial charge on any atom is -0.347 e. The van der Waals surface area contributed by atoms with Crippen molar-refractivity contribution < 1.29 is 4.79 Å². The highest BCUT2D eigenvalue weighted by Crippen LogP contribution is 2.34. The molecular formula is C26H28N6O. The van der Waals surface area contributed by atoms with E-state index in [-0.39, 0.29) is 11.8 Å². The molecule has 1 amide bonds. The van der Waals surface area contributed by atoms with Crippen molar-refractivity contribution in [1.29, 1.82) is 0 Å². The maximum Gasteiger partial charge on any atom is 0.275 e. The fraction of sp³-hybridized carbons (Fsp3) is 0.308. The number of aromatic nitrogens is 4. The summed E-state index contributed by atoms with van der Waals surface area (Å²) < 4.78 is 0. The molecule has 1 unspecified atom stereocenters. The molecule has 7 nitrogen and oxygen atoms in total. The lowest BCUT2D eigenvalue weighted by atomic mass is 9.89. The monoisotopic (exact) mass is 440 g/mol. The van der Waals surface area contributed by atoms with Gasteiger partial charge in [0.1, 0.15) is 0 Å². The number of hydrogen-bond donors (Lipinski definition) is 1. The van der Waals surface area contributed by atoms with Gasteiger partial charge in [-0.05, 0) is 37.5 Å². The summed E-state index contributed by atoms with van der Waals surface area (Å²) in [4.78, 5) is 26.9. The molecule has 2 aromatic carbocycles. The van der Waals surface area contributed by atoms with Crippen LogP contribution in [0, 0.1) is 6.92 Å². The van der Waals surface area contributed by atoms with Gasteiger partial charge in [-0.1, -0.05) is 42.0 Å². The Morgan fingerprint density at radius 1 is 1.15 bits per heavy atom. The third-order valence-corrected chi connectivity index (χ3v) is 6.31. The maximum absolute atomic E-state index is 13.5. The van der Waals surface area contributed by atoms with E-state index in [1.807, 2.05) is 73.4 Å². The van der Waals surface area contributed by atoms with Crippen molar-refractivity contribution in [2.45, 2.75) is 25.7 Å². The Bertz CT molecular complexity index is 1300. The van der Waals surface area contributed by atoms with Gasteiger partial charge in [-0.15, -0.1) is 0 Å². The number of amides is 1. The first-order valence-corrected chi connectivity index (χ1v) is 11.3. The third kappa shape index (κ3) is 4.06. The van der Waals surface area contributed by atoms with E-state index in [4.69, 9.17) is 4.98 Å². The zero-order valence-electron chi connectivity index (χ0n) is 19.2. The quantitative estimate of drug-likeness (QED) is 0.508. The van der Waals surface area contributed by atoms with Crippen molar-refractivity contribution in [3.8, 4) is 11.1 Å². The van der Waals surface area contributed by atoms with Crippen LogP contribution in [0.4, 0.5) is 5.95 Å². The van der Waals surface area contributed by atoms with Crippen LogP contribution in [-0.4, -0.2) is 58.2 Å². The average molecular weight is 441 g/mol. The second-order valence-electron chi connectivity index (χ2n) is 8.94. The highest BCUT2D eigenvalue weighted by atomic mass is 16.2. The molecule has 2 aromatic heterocycles. The van der Waals surface area contributed by atoms with Crippen LogP contribution in [-0.2, 0) is 0 Å². The summed E-state index contributed by atoms with van der Waals surface area (Å²) in [6.07, 6.45) is 3.82. The molecule has 1 aliphatic heterocycles. The lowest BCUT2D eigenvalue weighted by Gasteiger charge is -2.33. The number of hydrogen-bond acceptors (Lipinski definition) is 5. The molecule has 1 atom stereocenters. The number of carbonyl (C=O) groups is 1. The zero-order chi connectivity index (χ0) is 22.9. The summed E-state index contributed by atoms with van der Waals surface area (Å²) in [5.41, 5.74) is 5.61. The van der Waals surface area contributed by atoms with Crippen LogP contribution < -0.4 is 4.90 Å². The predicted molar refractivity (Wildman–Crippen MR) is 131 cm³/mol. The van der Waals surface area contributed by atoms with Gasteiger partial charge in [0.2, 0.25) is 5.95 Å². The van der Waals surface area contributed by atoms with E-state index in [2.05, 4.69) is 27.3 Å². The average Bonchev–Trinajstić information content (AvgIpc) is 3.26. The first-order valence-electron chi connectivity index (χ1n) is 11.3. The van der Waals surface area contributed by atoms with Crippen molar-refractivity contribution in [3.05, 3.63) is 71.7 Å². The lowest BCUT2D eigenvalue weighted by molar-refractivity contribution is 0.0702. The van der Waals surface area contributed by atoms with Gasteiger partial charge in [0.25, 0.3) is 5.91 Å². The van der Waals surface area contributed by atoms with Crippen LogP contribution in [0.15, 0.2) is 54.7 Å². The molecule has 4 aromatic rings. The van der Waals surface area contributed by atoms with Crippen LogP contribution in [0.3, 0.4) is 0 Å².